The van der Waals surface area contributed by atoms with Crippen molar-refractivity contribution < 1.29 is 4.79 Å². The summed E-state index contributed by atoms with van der Waals surface area (Å²) in [4.78, 5) is 16.3. The minimum atomic E-state index is -0.395. The molecule has 6 nitrogen and oxygen atoms in total. The second kappa shape index (κ2) is 8.17. The molecule has 3 aromatic rings. The van der Waals surface area contributed by atoms with Gasteiger partial charge in [-0.1, -0.05) is 34.1 Å². The maximum atomic E-state index is 12.2. The molecule has 0 saturated heterocycles. The van der Waals surface area contributed by atoms with Crippen molar-refractivity contribution in [1.82, 2.24) is 20.2 Å². The summed E-state index contributed by atoms with van der Waals surface area (Å²) in [6.07, 6.45) is 4.90. The number of hydrazone groups is 1. The number of amides is 1. The molecule has 0 aliphatic carbocycles. The summed E-state index contributed by atoms with van der Waals surface area (Å²) in [6.45, 7) is 0.566. The van der Waals surface area contributed by atoms with E-state index < -0.39 is 5.91 Å². The topological polar surface area (TPSA) is 72.2 Å². The van der Waals surface area contributed by atoms with Crippen LogP contribution in [-0.4, -0.2) is 26.9 Å². The fourth-order valence-electron chi connectivity index (χ4n) is 2.07. The number of nitrogens with zero attached hydrogens (tertiary/aromatic N) is 4. The molecule has 0 aliphatic rings. The minimum absolute atomic E-state index is 0.273. The molecule has 126 valence electrons. The first-order valence-electron chi connectivity index (χ1n) is 7.33. The van der Waals surface area contributed by atoms with Crippen molar-refractivity contribution in [2.45, 2.75) is 6.54 Å². The van der Waals surface area contributed by atoms with Crippen LogP contribution in [0.5, 0.6) is 0 Å². The van der Waals surface area contributed by atoms with E-state index >= 15 is 0 Å². The van der Waals surface area contributed by atoms with Crippen molar-refractivity contribution in [3.8, 4) is 0 Å². The summed E-state index contributed by atoms with van der Waals surface area (Å²) in [5, 5.41) is 8.21. The van der Waals surface area contributed by atoms with Gasteiger partial charge in [0.15, 0.2) is 5.69 Å². The molecule has 0 unspecified atom stereocenters. The van der Waals surface area contributed by atoms with Crippen molar-refractivity contribution >= 4 is 44.0 Å². The van der Waals surface area contributed by atoms with Crippen molar-refractivity contribution in [2.75, 3.05) is 0 Å². The molecular weight excluding hydrogens is 450 g/mol. The number of pyridine rings is 1. The van der Waals surface area contributed by atoms with Crippen molar-refractivity contribution in [2.24, 2.45) is 5.10 Å². The zero-order valence-electron chi connectivity index (χ0n) is 12.9. The van der Waals surface area contributed by atoms with Crippen LogP contribution in [-0.2, 0) is 6.54 Å². The summed E-state index contributed by atoms with van der Waals surface area (Å²) in [5.41, 5.74) is 4.46. The molecule has 1 aromatic carbocycles. The molecular formula is C17H13Br2N5O. The predicted molar refractivity (Wildman–Crippen MR) is 102 cm³/mol. The predicted octanol–water partition coefficient (Wildman–Crippen LogP) is 3.62. The quantitative estimate of drug-likeness (QED) is 0.465. The van der Waals surface area contributed by atoms with E-state index in [9.17, 15) is 4.79 Å². The molecule has 1 amide bonds. The minimum Gasteiger partial charge on any atom is -0.266 e. The number of halogens is 2. The van der Waals surface area contributed by atoms with Gasteiger partial charge in [0.1, 0.15) is 0 Å². The molecule has 3 rings (SSSR count). The first kappa shape index (κ1) is 17.5. The molecule has 25 heavy (non-hydrogen) atoms. The van der Waals surface area contributed by atoms with Crippen LogP contribution >= 0.6 is 31.9 Å². The van der Waals surface area contributed by atoms with Crippen molar-refractivity contribution in [3.05, 3.63) is 80.8 Å². The maximum Gasteiger partial charge on any atom is 0.293 e. The van der Waals surface area contributed by atoms with E-state index in [0.717, 1.165) is 10.0 Å². The molecule has 2 heterocycles. The Morgan fingerprint density at radius 2 is 2.00 bits per heavy atom. The highest BCUT2D eigenvalue weighted by atomic mass is 79.9. The van der Waals surface area contributed by atoms with Crippen LogP contribution in [0.2, 0.25) is 0 Å². The maximum absolute atomic E-state index is 12.2. The van der Waals surface area contributed by atoms with Gasteiger partial charge in [-0.25, -0.2) is 5.43 Å². The van der Waals surface area contributed by atoms with Crippen molar-refractivity contribution in [1.29, 1.82) is 0 Å². The summed E-state index contributed by atoms with van der Waals surface area (Å²) in [7, 11) is 0. The smallest absolute Gasteiger partial charge is 0.266 e. The lowest BCUT2D eigenvalue weighted by Gasteiger charge is -2.02. The molecule has 0 saturated carbocycles. The standard InChI is InChI=1S/C17H13Br2N5O/c18-13-6-4-12(5-7-13)10-24-11-15(19)16(23-24)17(25)22-21-9-14-3-1-2-8-20-14/h1-9,11H,10H2,(H,22,25)/b21-9-. The van der Waals surface area contributed by atoms with E-state index in [1.807, 2.05) is 36.4 Å². The van der Waals surface area contributed by atoms with Crippen LogP contribution in [0.25, 0.3) is 0 Å². The van der Waals surface area contributed by atoms with E-state index in [4.69, 9.17) is 0 Å². The monoisotopic (exact) mass is 461 g/mol. The Balaban J connectivity index is 1.66. The zero-order chi connectivity index (χ0) is 17.6. The number of aromatic nitrogens is 3. The number of nitrogens with one attached hydrogen (secondary N) is 1. The van der Waals surface area contributed by atoms with E-state index in [1.54, 1.807) is 23.1 Å². The number of hydrogen-bond acceptors (Lipinski definition) is 4. The Morgan fingerprint density at radius 1 is 1.20 bits per heavy atom. The Bertz CT molecular complexity index is 891. The highest BCUT2D eigenvalue weighted by molar-refractivity contribution is 9.10. The third-order valence-corrected chi connectivity index (χ3v) is 4.35. The SMILES string of the molecule is O=C(N/N=C\c1ccccn1)c1nn(Cc2ccc(Br)cc2)cc1Br. The number of rotatable bonds is 5. The van der Waals surface area contributed by atoms with Gasteiger partial charge in [0, 0.05) is 16.9 Å². The molecule has 0 spiro atoms. The lowest BCUT2D eigenvalue weighted by Crippen LogP contribution is -2.19. The van der Waals surface area contributed by atoms with E-state index in [0.29, 0.717) is 16.7 Å². The Morgan fingerprint density at radius 3 is 2.72 bits per heavy atom. The van der Waals surface area contributed by atoms with Gasteiger partial charge in [0.2, 0.25) is 0 Å². The van der Waals surface area contributed by atoms with Gasteiger partial charge in [-0.05, 0) is 45.8 Å². The third-order valence-electron chi connectivity index (χ3n) is 3.24. The molecule has 0 radical (unpaired) electrons. The second-order valence-corrected chi connectivity index (χ2v) is 6.87. The summed E-state index contributed by atoms with van der Waals surface area (Å²) < 4.78 is 3.32. The molecule has 8 heteroatoms. The van der Waals surface area contributed by atoms with Gasteiger partial charge in [-0.3, -0.25) is 14.5 Å². The molecule has 0 bridgehead atoms. The van der Waals surface area contributed by atoms with E-state index in [-0.39, 0.29) is 5.69 Å². The van der Waals surface area contributed by atoms with Gasteiger partial charge in [-0.15, -0.1) is 0 Å². The fraction of sp³-hybridized carbons (Fsp3) is 0.0588. The van der Waals surface area contributed by atoms with Gasteiger partial charge in [0.25, 0.3) is 5.91 Å². The van der Waals surface area contributed by atoms with Gasteiger partial charge in [-0.2, -0.15) is 10.2 Å². The molecule has 0 aliphatic heterocycles. The Hall–Kier alpha value is -2.32. The van der Waals surface area contributed by atoms with Crippen LogP contribution in [0, 0.1) is 0 Å². The lowest BCUT2D eigenvalue weighted by molar-refractivity contribution is 0.0948. The average Bonchev–Trinajstić information content (AvgIpc) is 2.98. The van der Waals surface area contributed by atoms with Gasteiger partial charge < -0.3 is 0 Å². The number of benzene rings is 1. The Labute approximate surface area is 161 Å². The highest BCUT2D eigenvalue weighted by Gasteiger charge is 2.14. The lowest BCUT2D eigenvalue weighted by atomic mass is 10.2. The normalized spacial score (nSPS) is 11.0. The summed E-state index contributed by atoms with van der Waals surface area (Å²) >= 11 is 6.77. The van der Waals surface area contributed by atoms with Crippen LogP contribution in [0.15, 0.2) is 68.9 Å². The largest absolute Gasteiger partial charge is 0.293 e. The first-order valence-corrected chi connectivity index (χ1v) is 8.92. The number of carbonyl (C=O) groups is 1. The van der Waals surface area contributed by atoms with Gasteiger partial charge >= 0.3 is 0 Å². The number of carbonyl (C=O) groups excluding carboxylic acids is 1. The molecule has 0 atom stereocenters. The van der Waals surface area contributed by atoms with Crippen LogP contribution in [0.3, 0.4) is 0 Å². The first-order chi connectivity index (χ1) is 12.1. The van der Waals surface area contributed by atoms with Gasteiger partial charge in [0.05, 0.1) is 22.9 Å². The fourth-order valence-corrected chi connectivity index (χ4v) is 2.83. The van der Waals surface area contributed by atoms with Crippen molar-refractivity contribution in [3.63, 3.8) is 0 Å². The van der Waals surface area contributed by atoms with Crippen LogP contribution < -0.4 is 5.43 Å². The van der Waals surface area contributed by atoms with Crippen LogP contribution in [0.1, 0.15) is 21.7 Å². The molecule has 0 fully saturated rings. The average molecular weight is 463 g/mol. The molecule has 2 aromatic heterocycles. The van der Waals surface area contributed by atoms with E-state index in [2.05, 4.69) is 52.5 Å². The second-order valence-electron chi connectivity index (χ2n) is 5.10. The highest BCUT2D eigenvalue weighted by Crippen LogP contribution is 2.17. The summed E-state index contributed by atoms with van der Waals surface area (Å²) in [6, 6.07) is 13.4. The van der Waals surface area contributed by atoms with Crippen LogP contribution in [0.4, 0.5) is 0 Å². The molecule has 1 N–H and O–H groups in total. The van der Waals surface area contributed by atoms with E-state index in [1.165, 1.54) is 6.21 Å². The zero-order valence-corrected chi connectivity index (χ0v) is 16.1. The summed E-state index contributed by atoms with van der Waals surface area (Å²) in [5.74, 6) is -0.395. The third kappa shape index (κ3) is 4.83. The Kier molecular flexibility index (Phi) is 5.72. The number of hydrogen-bond donors (Lipinski definition) is 1.